The first-order valence-electron chi connectivity index (χ1n) is 6.82. The Bertz CT molecular complexity index is 388. The van der Waals surface area contributed by atoms with E-state index in [1.165, 1.54) is 29.8 Å². The Hall–Kier alpha value is -0.830. The lowest BCUT2D eigenvalue weighted by Crippen LogP contribution is -2.41. The van der Waals surface area contributed by atoms with Crippen molar-refractivity contribution in [1.29, 1.82) is 0 Å². The molecule has 3 heteroatoms. The molecule has 1 aromatic heterocycles. The highest BCUT2D eigenvalue weighted by Crippen LogP contribution is 2.30. The number of aryl methyl sites for hydroxylation is 2. The fraction of sp³-hybridized carbons (Fsp3) is 0.786. The van der Waals surface area contributed by atoms with Gasteiger partial charge in [0, 0.05) is 29.9 Å². The number of hydrogen-bond donors (Lipinski definition) is 1. The molecule has 1 N–H and O–H groups in total. The van der Waals surface area contributed by atoms with Crippen LogP contribution >= 0.6 is 0 Å². The monoisotopic (exact) mass is 235 g/mol. The largest absolute Gasteiger partial charge is 0.307 e. The lowest BCUT2D eigenvalue weighted by Gasteiger charge is -2.35. The van der Waals surface area contributed by atoms with Gasteiger partial charge in [0.2, 0.25) is 0 Å². The van der Waals surface area contributed by atoms with Gasteiger partial charge in [0.05, 0.1) is 5.69 Å². The summed E-state index contributed by atoms with van der Waals surface area (Å²) < 4.78 is 2.10. The molecule has 0 bridgehead atoms. The van der Waals surface area contributed by atoms with Crippen LogP contribution in [0, 0.1) is 19.8 Å². The normalized spacial score (nSPS) is 25.7. The predicted molar refractivity (Wildman–Crippen MR) is 71.1 cm³/mol. The Morgan fingerprint density at radius 2 is 2.06 bits per heavy atom. The van der Waals surface area contributed by atoms with E-state index in [1.54, 1.807) is 0 Å². The summed E-state index contributed by atoms with van der Waals surface area (Å²) in [6.07, 6.45) is 2.65. The van der Waals surface area contributed by atoms with Crippen LogP contribution in [0.3, 0.4) is 0 Å². The van der Waals surface area contributed by atoms with Crippen molar-refractivity contribution in [2.75, 3.05) is 0 Å². The van der Waals surface area contributed by atoms with Crippen molar-refractivity contribution in [3.05, 3.63) is 17.0 Å². The second-order valence-electron chi connectivity index (χ2n) is 5.56. The number of aromatic nitrogens is 2. The fourth-order valence-electron chi connectivity index (χ4n) is 3.12. The summed E-state index contributed by atoms with van der Waals surface area (Å²) in [5.74, 6) is 0.903. The minimum atomic E-state index is 0.424. The molecule has 1 unspecified atom stereocenters. The maximum atomic E-state index is 4.59. The smallest absolute Gasteiger partial charge is 0.0644 e. The van der Waals surface area contributed by atoms with E-state index in [0.29, 0.717) is 12.1 Å². The standard InChI is InChI=1S/C14H25N3/c1-6-17-12(5)14(11(4)16-17)10(3)15-13-7-9(2)8-13/h9-10,13,15H,6-8H2,1-5H3. The first-order chi connectivity index (χ1) is 8.02. The highest BCUT2D eigenvalue weighted by molar-refractivity contribution is 5.28. The fourth-order valence-corrected chi connectivity index (χ4v) is 3.12. The SMILES string of the molecule is CCn1nc(C)c(C(C)NC2CC(C)C2)c1C. The molecule has 0 spiro atoms. The van der Waals surface area contributed by atoms with Crippen LogP contribution in [-0.4, -0.2) is 15.8 Å². The average Bonchev–Trinajstić information content (AvgIpc) is 2.51. The van der Waals surface area contributed by atoms with E-state index in [1.807, 2.05) is 0 Å². The second kappa shape index (κ2) is 4.81. The molecule has 1 heterocycles. The molecule has 96 valence electrons. The van der Waals surface area contributed by atoms with Crippen molar-refractivity contribution in [3.8, 4) is 0 Å². The molecule has 1 aliphatic carbocycles. The summed E-state index contributed by atoms with van der Waals surface area (Å²) in [4.78, 5) is 0. The van der Waals surface area contributed by atoms with Gasteiger partial charge in [-0.2, -0.15) is 5.10 Å². The number of nitrogens with one attached hydrogen (secondary N) is 1. The first kappa shape index (κ1) is 12.6. The zero-order chi connectivity index (χ0) is 12.6. The summed E-state index contributed by atoms with van der Waals surface area (Å²) in [5.41, 5.74) is 3.89. The maximum Gasteiger partial charge on any atom is 0.0644 e. The molecule has 1 fully saturated rings. The van der Waals surface area contributed by atoms with Gasteiger partial charge < -0.3 is 5.32 Å². The predicted octanol–water partition coefficient (Wildman–Crippen LogP) is 2.97. The summed E-state index contributed by atoms with van der Waals surface area (Å²) in [7, 11) is 0. The molecule has 0 radical (unpaired) electrons. The third-order valence-electron chi connectivity index (χ3n) is 4.03. The summed E-state index contributed by atoms with van der Waals surface area (Å²) in [6.45, 7) is 12.0. The molecule has 3 nitrogen and oxygen atoms in total. The van der Waals surface area contributed by atoms with Crippen LogP contribution in [0.4, 0.5) is 0 Å². The van der Waals surface area contributed by atoms with Gasteiger partial charge >= 0.3 is 0 Å². The quantitative estimate of drug-likeness (QED) is 0.869. The van der Waals surface area contributed by atoms with Crippen LogP contribution in [0.5, 0.6) is 0 Å². The topological polar surface area (TPSA) is 29.9 Å². The Kier molecular flexibility index (Phi) is 3.57. The highest BCUT2D eigenvalue weighted by Gasteiger charge is 2.28. The van der Waals surface area contributed by atoms with Gasteiger partial charge in [-0.15, -0.1) is 0 Å². The van der Waals surface area contributed by atoms with Gasteiger partial charge in [-0.05, 0) is 46.5 Å². The van der Waals surface area contributed by atoms with Gasteiger partial charge in [-0.1, -0.05) is 6.92 Å². The van der Waals surface area contributed by atoms with Crippen molar-refractivity contribution in [3.63, 3.8) is 0 Å². The van der Waals surface area contributed by atoms with Crippen LogP contribution in [0.1, 0.15) is 56.6 Å². The van der Waals surface area contributed by atoms with Crippen molar-refractivity contribution in [1.82, 2.24) is 15.1 Å². The van der Waals surface area contributed by atoms with Crippen molar-refractivity contribution in [2.24, 2.45) is 5.92 Å². The Morgan fingerprint density at radius 3 is 2.53 bits per heavy atom. The van der Waals surface area contributed by atoms with Crippen LogP contribution in [-0.2, 0) is 6.54 Å². The molecule has 1 aromatic rings. The molecule has 1 atom stereocenters. The average molecular weight is 235 g/mol. The van der Waals surface area contributed by atoms with Gasteiger partial charge in [0.15, 0.2) is 0 Å². The number of hydrogen-bond acceptors (Lipinski definition) is 2. The molecular weight excluding hydrogens is 210 g/mol. The van der Waals surface area contributed by atoms with E-state index in [-0.39, 0.29) is 0 Å². The lowest BCUT2D eigenvalue weighted by molar-refractivity contribution is 0.226. The van der Waals surface area contributed by atoms with Crippen molar-refractivity contribution in [2.45, 2.75) is 66.1 Å². The van der Waals surface area contributed by atoms with Crippen molar-refractivity contribution >= 4 is 0 Å². The number of rotatable bonds is 4. The van der Waals surface area contributed by atoms with Crippen LogP contribution in [0.15, 0.2) is 0 Å². The molecule has 0 amide bonds. The van der Waals surface area contributed by atoms with Gasteiger partial charge in [0.1, 0.15) is 0 Å². The van der Waals surface area contributed by atoms with Crippen molar-refractivity contribution < 1.29 is 0 Å². The molecule has 0 aliphatic heterocycles. The maximum absolute atomic E-state index is 4.59. The lowest BCUT2D eigenvalue weighted by atomic mass is 9.81. The van der Waals surface area contributed by atoms with Gasteiger partial charge in [-0.25, -0.2) is 0 Å². The van der Waals surface area contributed by atoms with Gasteiger partial charge in [0.25, 0.3) is 0 Å². The first-order valence-corrected chi connectivity index (χ1v) is 6.82. The summed E-state index contributed by atoms with van der Waals surface area (Å²) >= 11 is 0. The molecule has 1 aliphatic rings. The summed E-state index contributed by atoms with van der Waals surface area (Å²) in [6, 6.07) is 1.14. The van der Waals surface area contributed by atoms with E-state index in [4.69, 9.17) is 0 Å². The highest BCUT2D eigenvalue weighted by atomic mass is 15.3. The van der Waals surface area contributed by atoms with Gasteiger partial charge in [-0.3, -0.25) is 4.68 Å². The zero-order valence-electron chi connectivity index (χ0n) is 11.7. The third-order valence-corrected chi connectivity index (χ3v) is 4.03. The second-order valence-corrected chi connectivity index (χ2v) is 5.56. The molecule has 2 rings (SSSR count). The molecule has 0 saturated heterocycles. The Morgan fingerprint density at radius 1 is 1.41 bits per heavy atom. The molecule has 0 aromatic carbocycles. The third kappa shape index (κ3) is 2.39. The zero-order valence-corrected chi connectivity index (χ0v) is 11.7. The molecule has 17 heavy (non-hydrogen) atoms. The van der Waals surface area contributed by atoms with E-state index >= 15 is 0 Å². The molecule has 1 saturated carbocycles. The minimum absolute atomic E-state index is 0.424. The van der Waals surface area contributed by atoms with E-state index < -0.39 is 0 Å². The molecular formula is C14H25N3. The van der Waals surface area contributed by atoms with Crippen LogP contribution in [0.2, 0.25) is 0 Å². The van der Waals surface area contributed by atoms with E-state index in [9.17, 15) is 0 Å². The van der Waals surface area contributed by atoms with E-state index in [0.717, 1.165) is 12.5 Å². The van der Waals surface area contributed by atoms with Crippen LogP contribution in [0.25, 0.3) is 0 Å². The van der Waals surface area contributed by atoms with Crippen LogP contribution < -0.4 is 5.32 Å². The Labute approximate surface area is 105 Å². The van der Waals surface area contributed by atoms with E-state index in [2.05, 4.69) is 49.7 Å². The Balaban J connectivity index is 2.08. The number of nitrogens with zero attached hydrogens (tertiary/aromatic N) is 2. The minimum Gasteiger partial charge on any atom is -0.307 e. The summed E-state index contributed by atoms with van der Waals surface area (Å²) in [5, 5.41) is 8.32.